The number of aromatic nitrogens is 1. The predicted molar refractivity (Wildman–Crippen MR) is 131 cm³/mol. The minimum Gasteiger partial charge on any atom is -0.456 e. The Hall–Kier alpha value is -4.78. The molecule has 2 aromatic heterocycles. The third-order valence-electron chi connectivity index (χ3n) is 5.65. The second-order valence-corrected chi connectivity index (χ2v) is 7.90. The van der Waals surface area contributed by atoms with Crippen LogP contribution in [0.15, 0.2) is 115 Å². The van der Waals surface area contributed by atoms with Crippen LogP contribution in [0, 0.1) is 0 Å². The number of rotatable bonds is 4. The van der Waals surface area contributed by atoms with Crippen molar-refractivity contribution in [2.75, 3.05) is 0 Å². The number of benzene rings is 3. The van der Waals surface area contributed by atoms with Gasteiger partial charge in [0.15, 0.2) is 5.43 Å². The van der Waals surface area contributed by atoms with Gasteiger partial charge in [0.1, 0.15) is 11.3 Å². The fourth-order valence-corrected chi connectivity index (χ4v) is 3.93. The number of pyridine rings is 1. The smallest absolute Gasteiger partial charge is 0.210 e. The predicted octanol–water partition coefficient (Wildman–Crippen LogP) is 7.01. The highest BCUT2D eigenvalue weighted by molar-refractivity contribution is 5.82. The van der Waals surface area contributed by atoms with Crippen molar-refractivity contribution in [1.82, 2.24) is 4.98 Å². The molecule has 0 saturated heterocycles. The summed E-state index contributed by atoms with van der Waals surface area (Å²) < 4.78 is 6.07. The molecule has 0 amide bonds. The Bertz CT molecular complexity index is 1690. The number of nitrogens with zero attached hydrogens (tertiary/aromatic N) is 5. The van der Waals surface area contributed by atoms with Crippen molar-refractivity contribution >= 4 is 34.0 Å². The molecule has 34 heavy (non-hydrogen) atoms. The van der Waals surface area contributed by atoms with E-state index in [1.807, 2.05) is 72.8 Å². The van der Waals surface area contributed by atoms with Gasteiger partial charge in [0.05, 0.1) is 16.6 Å². The fourth-order valence-electron chi connectivity index (χ4n) is 3.93. The van der Waals surface area contributed by atoms with E-state index in [0.29, 0.717) is 16.7 Å². The van der Waals surface area contributed by atoms with Crippen molar-refractivity contribution in [2.24, 2.45) is 20.7 Å². The highest BCUT2D eigenvalue weighted by Crippen LogP contribution is 2.28. The number of fused-ring (bicyclic) bond motifs is 2. The molecule has 7 nitrogen and oxygen atoms in total. The van der Waals surface area contributed by atoms with E-state index < -0.39 is 6.17 Å². The molecule has 162 valence electrons. The Kier molecular flexibility index (Phi) is 4.85. The van der Waals surface area contributed by atoms with Crippen LogP contribution in [0.2, 0.25) is 0 Å². The molecule has 0 bridgehead atoms. The standard InChI is InChI=1S/C27H17N5O2/c33-24-16-26(34-25-13-10-20(15-22(24)25)27-29-31-32-30-27)19-6-3-4-17(14-19)8-11-21-12-9-18-5-1-2-7-23(18)28-21/h1-16,27H/b11-8+. The largest absolute Gasteiger partial charge is 0.456 e. The fraction of sp³-hybridized carbons (Fsp3) is 0.0370. The van der Waals surface area contributed by atoms with Crippen molar-refractivity contribution in [2.45, 2.75) is 6.17 Å². The number of hydrogen-bond acceptors (Lipinski definition) is 7. The van der Waals surface area contributed by atoms with Crippen molar-refractivity contribution in [3.8, 4) is 11.3 Å². The van der Waals surface area contributed by atoms with Gasteiger partial charge in [-0.3, -0.25) is 4.79 Å². The Balaban J connectivity index is 1.31. The first kappa shape index (κ1) is 19.9. The summed E-state index contributed by atoms with van der Waals surface area (Å²) in [6, 6.07) is 26.7. The lowest BCUT2D eigenvalue weighted by Crippen LogP contribution is -2.02. The molecule has 0 fully saturated rings. The SMILES string of the molecule is O=c1cc(-c2cccc(/C=C/c3ccc4ccccc4n3)c2)oc2ccc(C3N=NN=N3)cc12. The zero-order valence-electron chi connectivity index (χ0n) is 17.9. The third-order valence-corrected chi connectivity index (χ3v) is 5.65. The molecule has 0 saturated carbocycles. The van der Waals surface area contributed by atoms with Gasteiger partial charge in [-0.2, -0.15) is 0 Å². The summed E-state index contributed by atoms with van der Waals surface area (Å²) in [5, 5.41) is 16.5. The van der Waals surface area contributed by atoms with Crippen LogP contribution in [0.25, 0.3) is 45.3 Å². The molecule has 1 aliphatic heterocycles. The van der Waals surface area contributed by atoms with Gasteiger partial charge in [-0.25, -0.2) is 4.98 Å². The molecule has 0 N–H and O–H groups in total. The van der Waals surface area contributed by atoms with Gasteiger partial charge in [-0.05, 0) is 52.4 Å². The molecule has 3 heterocycles. The van der Waals surface area contributed by atoms with Crippen molar-refractivity contribution in [1.29, 1.82) is 0 Å². The number of hydrogen-bond donors (Lipinski definition) is 0. The van der Waals surface area contributed by atoms with E-state index >= 15 is 0 Å². The molecule has 0 spiro atoms. The average molecular weight is 443 g/mol. The summed E-state index contributed by atoms with van der Waals surface area (Å²) >= 11 is 0. The van der Waals surface area contributed by atoms with Crippen LogP contribution in [0.5, 0.6) is 0 Å². The summed E-state index contributed by atoms with van der Waals surface area (Å²) in [4.78, 5) is 17.5. The van der Waals surface area contributed by atoms with E-state index in [1.54, 1.807) is 12.1 Å². The van der Waals surface area contributed by atoms with Crippen molar-refractivity contribution in [3.05, 3.63) is 112 Å². The minimum absolute atomic E-state index is 0.133. The zero-order chi connectivity index (χ0) is 22.9. The summed E-state index contributed by atoms with van der Waals surface area (Å²) in [6.45, 7) is 0. The third kappa shape index (κ3) is 3.80. The Morgan fingerprint density at radius 2 is 1.68 bits per heavy atom. The van der Waals surface area contributed by atoms with Gasteiger partial charge in [-0.1, -0.05) is 54.6 Å². The van der Waals surface area contributed by atoms with E-state index in [-0.39, 0.29) is 5.43 Å². The second kappa shape index (κ2) is 8.29. The van der Waals surface area contributed by atoms with Crippen LogP contribution in [-0.2, 0) is 0 Å². The Morgan fingerprint density at radius 1 is 0.794 bits per heavy atom. The van der Waals surface area contributed by atoms with Gasteiger partial charge in [0, 0.05) is 22.6 Å². The molecule has 6 rings (SSSR count). The molecule has 7 heteroatoms. The van der Waals surface area contributed by atoms with E-state index in [9.17, 15) is 4.79 Å². The average Bonchev–Trinajstić information content (AvgIpc) is 3.42. The van der Waals surface area contributed by atoms with E-state index in [2.05, 4.69) is 31.7 Å². The summed E-state index contributed by atoms with van der Waals surface area (Å²) in [5.41, 5.74) is 4.73. The molecular formula is C27H17N5O2. The van der Waals surface area contributed by atoms with E-state index in [1.165, 1.54) is 6.07 Å². The maximum absolute atomic E-state index is 12.9. The van der Waals surface area contributed by atoms with Gasteiger partial charge >= 0.3 is 0 Å². The topological polar surface area (TPSA) is 92.5 Å². The lowest BCUT2D eigenvalue weighted by Gasteiger charge is -2.06. The second-order valence-electron chi connectivity index (χ2n) is 7.90. The van der Waals surface area contributed by atoms with Gasteiger partial charge in [0.25, 0.3) is 0 Å². The minimum atomic E-state index is -0.510. The first-order valence-electron chi connectivity index (χ1n) is 10.8. The lowest BCUT2D eigenvalue weighted by molar-refractivity contribution is 0.618. The van der Waals surface area contributed by atoms with Crippen LogP contribution in [0.4, 0.5) is 0 Å². The molecule has 0 unspecified atom stereocenters. The molecule has 5 aromatic rings. The van der Waals surface area contributed by atoms with Gasteiger partial charge in [0.2, 0.25) is 6.17 Å². The molecular weight excluding hydrogens is 426 g/mol. The van der Waals surface area contributed by atoms with Crippen molar-refractivity contribution in [3.63, 3.8) is 0 Å². The van der Waals surface area contributed by atoms with Gasteiger partial charge < -0.3 is 4.42 Å². The van der Waals surface area contributed by atoms with Crippen LogP contribution in [0.3, 0.4) is 0 Å². The van der Waals surface area contributed by atoms with Gasteiger partial charge in [-0.15, -0.1) is 10.2 Å². The molecule has 3 aromatic carbocycles. The summed E-state index contributed by atoms with van der Waals surface area (Å²) in [6.07, 6.45) is 3.46. The molecule has 0 atom stereocenters. The monoisotopic (exact) mass is 443 g/mol. The maximum Gasteiger partial charge on any atom is 0.210 e. The van der Waals surface area contributed by atoms with E-state index in [4.69, 9.17) is 4.42 Å². The van der Waals surface area contributed by atoms with Crippen LogP contribution in [0.1, 0.15) is 23.0 Å². The van der Waals surface area contributed by atoms with Crippen LogP contribution in [-0.4, -0.2) is 4.98 Å². The first-order chi connectivity index (χ1) is 16.7. The highest BCUT2D eigenvalue weighted by atomic mass is 16.3. The molecule has 0 radical (unpaired) electrons. The van der Waals surface area contributed by atoms with Crippen molar-refractivity contribution < 1.29 is 4.42 Å². The molecule has 1 aliphatic rings. The van der Waals surface area contributed by atoms with E-state index in [0.717, 1.165) is 33.3 Å². The highest BCUT2D eigenvalue weighted by Gasteiger charge is 2.15. The van der Waals surface area contributed by atoms with Crippen LogP contribution < -0.4 is 5.43 Å². The molecule has 0 aliphatic carbocycles. The first-order valence-corrected chi connectivity index (χ1v) is 10.8. The summed E-state index contributed by atoms with van der Waals surface area (Å²) in [7, 11) is 0. The quantitative estimate of drug-likeness (QED) is 0.299. The Labute approximate surface area is 193 Å². The number of para-hydroxylation sites is 1. The normalized spacial score (nSPS) is 13.5. The zero-order valence-corrected chi connectivity index (χ0v) is 17.9. The maximum atomic E-state index is 12.9. The lowest BCUT2D eigenvalue weighted by atomic mass is 10.1. The van der Waals surface area contributed by atoms with Crippen LogP contribution >= 0.6 is 0 Å². The summed E-state index contributed by atoms with van der Waals surface area (Å²) in [5.74, 6) is 0.504. The Morgan fingerprint density at radius 3 is 2.59 bits per heavy atom.